The molecular formula is C13H16N2O2. The van der Waals surface area contributed by atoms with Gasteiger partial charge in [-0.3, -0.25) is 15.0 Å². The number of nitro groups is 1. The molecule has 0 aliphatic carbocycles. The summed E-state index contributed by atoms with van der Waals surface area (Å²) in [7, 11) is 0. The first kappa shape index (κ1) is 13.1. The molecule has 1 aromatic rings. The Morgan fingerprint density at radius 1 is 1.24 bits per heavy atom. The van der Waals surface area contributed by atoms with E-state index < -0.39 is 0 Å². The Morgan fingerprint density at radius 3 is 2.35 bits per heavy atom. The Labute approximate surface area is 101 Å². The van der Waals surface area contributed by atoms with Crippen LogP contribution in [0.4, 0.5) is 5.69 Å². The number of hydrogen-bond acceptors (Lipinski definition) is 3. The molecule has 0 spiro atoms. The topological polar surface area (TPSA) is 46.4 Å². The van der Waals surface area contributed by atoms with Gasteiger partial charge in [0, 0.05) is 31.3 Å². The number of para-hydroxylation sites is 1. The lowest BCUT2D eigenvalue weighted by atomic mass is 10.1. The van der Waals surface area contributed by atoms with Crippen LogP contribution in [0.1, 0.15) is 5.56 Å². The van der Waals surface area contributed by atoms with E-state index in [2.05, 4.69) is 13.2 Å². The minimum Gasteiger partial charge on any atom is -0.292 e. The second-order valence-electron chi connectivity index (χ2n) is 3.66. The molecule has 0 aliphatic rings. The van der Waals surface area contributed by atoms with E-state index in [1.54, 1.807) is 24.3 Å². The van der Waals surface area contributed by atoms with Crippen LogP contribution < -0.4 is 0 Å². The highest BCUT2D eigenvalue weighted by Gasteiger charge is 2.14. The molecule has 0 unspecified atom stereocenters. The van der Waals surface area contributed by atoms with E-state index in [1.807, 2.05) is 11.0 Å². The monoisotopic (exact) mass is 232 g/mol. The molecule has 0 fully saturated rings. The molecule has 1 aromatic carbocycles. The fourth-order valence-corrected chi connectivity index (χ4v) is 1.63. The predicted molar refractivity (Wildman–Crippen MR) is 68.8 cm³/mol. The molecule has 1 rings (SSSR count). The lowest BCUT2D eigenvalue weighted by Gasteiger charge is -2.18. The highest BCUT2D eigenvalue weighted by molar-refractivity contribution is 5.39. The van der Waals surface area contributed by atoms with Crippen molar-refractivity contribution >= 4 is 5.69 Å². The standard InChI is InChI=1S/C13H16N2O2/c1-3-9-14(10-4-2)11-12-7-5-6-8-13(12)15(16)17/h3-8H,1-2,9-11H2. The molecule has 0 aromatic heterocycles. The first-order valence-electron chi connectivity index (χ1n) is 5.35. The van der Waals surface area contributed by atoms with E-state index in [-0.39, 0.29) is 10.6 Å². The summed E-state index contributed by atoms with van der Waals surface area (Å²) in [6, 6.07) is 6.78. The first-order valence-corrected chi connectivity index (χ1v) is 5.35. The van der Waals surface area contributed by atoms with Crippen LogP contribution in [0.2, 0.25) is 0 Å². The average Bonchev–Trinajstić information content (AvgIpc) is 2.30. The summed E-state index contributed by atoms with van der Waals surface area (Å²) < 4.78 is 0. The van der Waals surface area contributed by atoms with E-state index in [9.17, 15) is 10.1 Å². The van der Waals surface area contributed by atoms with Crippen LogP contribution in [-0.2, 0) is 6.54 Å². The van der Waals surface area contributed by atoms with Gasteiger partial charge < -0.3 is 0 Å². The summed E-state index contributed by atoms with van der Waals surface area (Å²) in [5, 5.41) is 10.9. The summed E-state index contributed by atoms with van der Waals surface area (Å²) in [5.74, 6) is 0. The number of rotatable bonds is 7. The van der Waals surface area contributed by atoms with Crippen LogP contribution >= 0.6 is 0 Å². The van der Waals surface area contributed by atoms with Crippen molar-refractivity contribution < 1.29 is 4.92 Å². The molecule has 0 amide bonds. The summed E-state index contributed by atoms with van der Waals surface area (Å²) in [6.45, 7) is 9.22. The van der Waals surface area contributed by atoms with Crippen molar-refractivity contribution in [3.8, 4) is 0 Å². The highest BCUT2D eigenvalue weighted by Crippen LogP contribution is 2.19. The molecule has 90 valence electrons. The average molecular weight is 232 g/mol. The van der Waals surface area contributed by atoms with Gasteiger partial charge in [-0.05, 0) is 0 Å². The van der Waals surface area contributed by atoms with Crippen molar-refractivity contribution in [2.24, 2.45) is 0 Å². The molecule has 0 heterocycles. The minimum absolute atomic E-state index is 0.158. The Hall–Kier alpha value is -1.94. The van der Waals surface area contributed by atoms with E-state index in [0.717, 1.165) is 0 Å². The number of hydrogen-bond donors (Lipinski definition) is 0. The van der Waals surface area contributed by atoms with E-state index in [0.29, 0.717) is 25.2 Å². The molecule has 0 bridgehead atoms. The zero-order valence-electron chi connectivity index (χ0n) is 9.71. The van der Waals surface area contributed by atoms with Crippen molar-refractivity contribution in [3.63, 3.8) is 0 Å². The van der Waals surface area contributed by atoms with Gasteiger partial charge in [-0.25, -0.2) is 0 Å². The van der Waals surface area contributed by atoms with Gasteiger partial charge in [0.1, 0.15) is 0 Å². The minimum atomic E-state index is -0.352. The van der Waals surface area contributed by atoms with Crippen LogP contribution in [0.5, 0.6) is 0 Å². The predicted octanol–water partition coefficient (Wildman–Crippen LogP) is 2.77. The third-order valence-electron chi connectivity index (χ3n) is 2.36. The second kappa shape index (κ2) is 6.60. The van der Waals surface area contributed by atoms with Crippen LogP contribution in [0.15, 0.2) is 49.6 Å². The largest absolute Gasteiger partial charge is 0.292 e. The van der Waals surface area contributed by atoms with Gasteiger partial charge in [0.05, 0.1) is 4.92 Å². The van der Waals surface area contributed by atoms with E-state index >= 15 is 0 Å². The first-order chi connectivity index (χ1) is 8.19. The lowest BCUT2D eigenvalue weighted by Crippen LogP contribution is -2.23. The molecule has 0 aliphatic heterocycles. The number of nitrogens with zero attached hydrogens (tertiary/aromatic N) is 2. The second-order valence-corrected chi connectivity index (χ2v) is 3.66. The van der Waals surface area contributed by atoms with Gasteiger partial charge in [0.25, 0.3) is 5.69 Å². The Balaban J connectivity index is 2.87. The fraction of sp³-hybridized carbons (Fsp3) is 0.231. The summed E-state index contributed by atoms with van der Waals surface area (Å²) >= 11 is 0. The quantitative estimate of drug-likeness (QED) is 0.412. The third-order valence-corrected chi connectivity index (χ3v) is 2.36. The number of benzene rings is 1. The Morgan fingerprint density at radius 2 is 1.82 bits per heavy atom. The molecule has 0 N–H and O–H groups in total. The van der Waals surface area contributed by atoms with Crippen molar-refractivity contribution in [2.45, 2.75) is 6.54 Å². The molecule has 4 heteroatoms. The molecule has 0 radical (unpaired) electrons. The van der Waals surface area contributed by atoms with Gasteiger partial charge in [-0.1, -0.05) is 30.4 Å². The number of nitro benzene ring substituents is 1. The highest BCUT2D eigenvalue weighted by atomic mass is 16.6. The van der Waals surface area contributed by atoms with Crippen LogP contribution in [0.3, 0.4) is 0 Å². The van der Waals surface area contributed by atoms with Gasteiger partial charge >= 0.3 is 0 Å². The van der Waals surface area contributed by atoms with Gasteiger partial charge in [-0.2, -0.15) is 0 Å². The normalized spacial score (nSPS) is 10.2. The SMILES string of the molecule is C=CCN(CC=C)Cc1ccccc1[N+](=O)[O-]. The van der Waals surface area contributed by atoms with Crippen LogP contribution in [-0.4, -0.2) is 22.9 Å². The Kier molecular flexibility index (Phi) is 5.10. The maximum Gasteiger partial charge on any atom is 0.273 e. The van der Waals surface area contributed by atoms with Crippen molar-refractivity contribution in [1.29, 1.82) is 0 Å². The van der Waals surface area contributed by atoms with E-state index in [4.69, 9.17) is 0 Å². The van der Waals surface area contributed by atoms with Gasteiger partial charge in [0.2, 0.25) is 0 Å². The van der Waals surface area contributed by atoms with Crippen molar-refractivity contribution in [3.05, 3.63) is 65.3 Å². The molecule has 17 heavy (non-hydrogen) atoms. The maximum atomic E-state index is 10.9. The fourth-order valence-electron chi connectivity index (χ4n) is 1.63. The van der Waals surface area contributed by atoms with Crippen molar-refractivity contribution in [2.75, 3.05) is 13.1 Å². The maximum absolute atomic E-state index is 10.9. The third kappa shape index (κ3) is 3.85. The summed E-state index contributed by atoms with van der Waals surface area (Å²) in [6.07, 6.45) is 3.55. The van der Waals surface area contributed by atoms with Gasteiger partial charge in [0.15, 0.2) is 0 Å². The molecule has 4 nitrogen and oxygen atoms in total. The van der Waals surface area contributed by atoms with E-state index in [1.165, 1.54) is 6.07 Å². The summed E-state index contributed by atoms with van der Waals surface area (Å²) in [5.41, 5.74) is 0.867. The zero-order chi connectivity index (χ0) is 12.7. The Bertz CT molecular complexity index is 406. The lowest BCUT2D eigenvalue weighted by molar-refractivity contribution is -0.385. The summed E-state index contributed by atoms with van der Waals surface area (Å²) in [4.78, 5) is 12.5. The molecule has 0 saturated carbocycles. The molecule has 0 atom stereocenters. The van der Waals surface area contributed by atoms with Crippen LogP contribution in [0, 0.1) is 10.1 Å². The van der Waals surface area contributed by atoms with Crippen molar-refractivity contribution in [1.82, 2.24) is 4.90 Å². The van der Waals surface area contributed by atoms with Gasteiger partial charge in [-0.15, -0.1) is 13.2 Å². The molecular weight excluding hydrogens is 216 g/mol. The smallest absolute Gasteiger partial charge is 0.273 e. The molecule has 0 saturated heterocycles. The van der Waals surface area contributed by atoms with Crippen LogP contribution in [0.25, 0.3) is 0 Å². The zero-order valence-corrected chi connectivity index (χ0v) is 9.71.